The standard InChI is InChI=1S/C21H29N3O2/c1-24-12-4-9-19(24)21(26)23-16-11-10-15(13-16)22-20(25)18-8-3-6-14-5-2-7-17(14)18/h3,6,8,15-16,19H,2,4-5,7,9-13H2,1H3,(H,22,25)(H,23,26)/t15-,16+,19-/m0/s1. The molecule has 0 radical (unpaired) electrons. The van der Waals surface area contributed by atoms with Gasteiger partial charge in [-0.15, -0.1) is 0 Å². The fourth-order valence-corrected chi connectivity index (χ4v) is 4.88. The Morgan fingerprint density at radius 1 is 1.04 bits per heavy atom. The summed E-state index contributed by atoms with van der Waals surface area (Å²) < 4.78 is 0. The molecule has 5 nitrogen and oxygen atoms in total. The van der Waals surface area contributed by atoms with Crippen molar-refractivity contribution in [3.8, 4) is 0 Å². The molecule has 1 aromatic rings. The minimum Gasteiger partial charge on any atom is -0.352 e. The number of carbonyl (C=O) groups is 2. The quantitative estimate of drug-likeness (QED) is 0.869. The molecule has 3 atom stereocenters. The van der Waals surface area contributed by atoms with Crippen molar-refractivity contribution < 1.29 is 9.59 Å². The Bertz CT molecular complexity index is 702. The van der Waals surface area contributed by atoms with E-state index in [9.17, 15) is 9.59 Å². The van der Waals surface area contributed by atoms with Crippen molar-refractivity contribution in [1.82, 2.24) is 15.5 Å². The summed E-state index contributed by atoms with van der Waals surface area (Å²) in [6.45, 7) is 1.00. The zero-order chi connectivity index (χ0) is 18.1. The van der Waals surface area contributed by atoms with Crippen LogP contribution in [-0.4, -0.2) is 48.4 Å². The summed E-state index contributed by atoms with van der Waals surface area (Å²) in [6, 6.07) is 6.45. The van der Waals surface area contributed by atoms with Gasteiger partial charge in [-0.2, -0.15) is 0 Å². The predicted molar refractivity (Wildman–Crippen MR) is 101 cm³/mol. The van der Waals surface area contributed by atoms with E-state index in [4.69, 9.17) is 0 Å². The lowest BCUT2D eigenvalue weighted by atomic mass is 10.0. The Labute approximate surface area is 155 Å². The molecule has 2 N–H and O–H groups in total. The van der Waals surface area contributed by atoms with Crippen molar-refractivity contribution in [1.29, 1.82) is 0 Å². The molecular formula is C21H29N3O2. The van der Waals surface area contributed by atoms with Gasteiger partial charge in [0.25, 0.3) is 5.91 Å². The lowest BCUT2D eigenvalue weighted by Gasteiger charge is -2.21. The maximum absolute atomic E-state index is 12.7. The summed E-state index contributed by atoms with van der Waals surface area (Å²) in [4.78, 5) is 27.3. The molecule has 1 aliphatic heterocycles. The first-order valence-corrected chi connectivity index (χ1v) is 10.0. The van der Waals surface area contributed by atoms with Gasteiger partial charge in [-0.3, -0.25) is 14.5 Å². The molecule has 1 saturated carbocycles. The maximum atomic E-state index is 12.7. The smallest absolute Gasteiger partial charge is 0.251 e. The van der Waals surface area contributed by atoms with Crippen LogP contribution >= 0.6 is 0 Å². The normalized spacial score (nSPS) is 28.1. The highest BCUT2D eigenvalue weighted by molar-refractivity contribution is 5.96. The maximum Gasteiger partial charge on any atom is 0.251 e. The third-order valence-corrected chi connectivity index (χ3v) is 6.33. The number of fused-ring (bicyclic) bond motifs is 1. The Morgan fingerprint density at radius 2 is 1.85 bits per heavy atom. The van der Waals surface area contributed by atoms with Gasteiger partial charge in [-0.05, 0) is 82.2 Å². The highest BCUT2D eigenvalue weighted by Crippen LogP contribution is 2.26. The third kappa shape index (κ3) is 3.50. The van der Waals surface area contributed by atoms with Crippen LogP contribution in [0.1, 0.15) is 60.0 Å². The van der Waals surface area contributed by atoms with Gasteiger partial charge in [0.2, 0.25) is 5.91 Å². The molecule has 3 aliphatic rings. The van der Waals surface area contributed by atoms with E-state index >= 15 is 0 Å². The summed E-state index contributed by atoms with van der Waals surface area (Å²) in [5, 5.41) is 6.41. The number of amides is 2. The molecule has 2 aliphatic carbocycles. The Kier molecular flexibility index (Phi) is 4.98. The molecule has 0 aromatic heterocycles. The number of hydrogen-bond acceptors (Lipinski definition) is 3. The van der Waals surface area contributed by atoms with Crippen molar-refractivity contribution in [3.63, 3.8) is 0 Å². The minimum absolute atomic E-state index is 0.0237. The molecule has 0 spiro atoms. The van der Waals surface area contributed by atoms with E-state index in [0.29, 0.717) is 0 Å². The summed E-state index contributed by atoms with van der Waals surface area (Å²) in [5.74, 6) is 0.208. The predicted octanol–water partition coefficient (Wildman–Crippen LogP) is 2.04. The van der Waals surface area contributed by atoms with Crippen molar-refractivity contribution in [2.75, 3.05) is 13.6 Å². The van der Waals surface area contributed by atoms with Gasteiger partial charge in [0, 0.05) is 17.6 Å². The number of nitrogens with zero attached hydrogens (tertiary/aromatic N) is 1. The first kappa shape index (κ1) is 17.5. The number of benzene rings is 1. The van der Waals surface area contributed by atoms with Gasteiger partial charge >= 0.3 is 0 Å². The van der Waals surface area contributed by atoms with Crippen LogP contribution in [0.5, 0.6) is 0 Å². The molecule has 4 rings (SSSR count). The molecule has 1 saturated heterocycles. The lowest BCUT2D eigenvalue weighted by Crippen LogP contribution is -2.45. The van der Waals surface area contributed by atoms with Crippen molar-refractivity contribution in [2.24, 2.45) is 0 Å². The lowest BCUT2D eigenvalue weighted by molar-refractivity contribution is -0.125. The molecular weight excluding hydrogens is 326 g/mol. The van der Waals surface area contributed by atoms with E-state index in [-0.39, 0.29) is 29.9 Å². The number of rotatable bonds is 4. The fourth-order valence-electron chi connectivity index (χ4n) is 4.88. The van der Waals surface area contributed by atoms with Crippen LogP contribution in [0.25, 0.3) is 0 Å². The van der Waals surface area contributed by atoms with Gasteiger partial charge in [0.15, 0.2) is 0 Å². The van der Waals surface area contributed by atoms with Gasteiger partial charge in [0.05, 0.1) is 6.04 Å². The van der Waals surface area contributed by atoms with E-state index in [1.165, 1.54) is 11.1 Å². The third-order valence-electron chi connectivity index (χ3n) is 6.33. The SMILES string of the molecule is CN1CCC[C@H]1C(=O)N[C@@H]1CC[C@H](NC(=O)c2cccc3c2CCC3)C1. The van der Waals surface area contributed by atoms with Crippen LogP contribution in [0.2, 0.25) is 0 Å². The summed E-state index contributed by atoms with van der Waals surface area (Å²) in [7, 11) is 2.02. The first-order valence-electron chi connectivity index (χ1n) is 10.0. The second kappa shape index (κ2) is 7.39. The number of aryl methyl sites for hydroxylation is 1. The topological polar surface area (TPSA) is 61.4 Å². The average Bonchev–Trinajstić information content (AvgIpc) is 3.35. The molecule has 1 heterocycles. The van der Waals surface area contributed by atoms with Gasteiger partial charge in [-0.25, -0.2) is 0 Å². The Balaban J connectivity index is 1.31. The first-order chi connectivity index (χ1) is 12.6. The van der Waals surface area contributed by atoms with E-state index in [1.54, 1.807) is 0 Å². The fraction of sp³-hybridized carbons (Fsp3) is 0.619. The summed E-state index contributed by atoms with van der Waals surface area (Å²) in [6.07, 6.45) is 8.01. The molecule has 2 amide bonds. The van der Waals surface area contributed by atoms with E-state index in [2.05, 4.69) is 21.6 Å². The molecule has 0 bridgehead atoms. The van der Waals surface area contributed by atoms with Crippen LogP contribution in [0.4, 0.5) is 0 Å². The number of hydrogen-bond donors (Lipinski definition) is 2. The second-order valence-electron chi connectivity index (χ2n) is 8.12. The van der Waals surface area contributed by atoms with Crippen molar-refractivity contribution >= 4 is 11.8 Å². The highest BCUT2D eigenvalue weighted by Gasteiger charge is 2.32. The zero-order valence-electron chi connectivity index (χ0n) is 15.6. The average molecular weight is 355 g/mol. The van der Waals surface area contributed by atoms with E-state index in [0.717, 1.165) is 63.5 Å². The van der Waals surface area contributed by atoms with E-state index < -0.39 is 0 Å². The minimum atomic E-state index is 0.0237. The van der Waals surface area contributed by atoms with Crippen molar-refractivity contribution in [2.45, 2.75) is 69.5 Å². The van der Waals surface area contributed by atoms with Crippen LogP contribution in [0, 0.1) is 0 Å². The molecule has 2 fully saturated rings. The van der Waals surface area contributed by atoms with Gasteiger partial charge in [-0.1, -0.05) is 12.1 Å². The van der Waals surface area contributed by atoms with E-state index in [1.807, 2.05) is 19.2 Å². The van der Waals surface area contributed by atoms with Crippen LogP contribution < -0.4 is 10.6 Å². The number of likely N-dealkylation sites (N-methyl/N-ethyl adjacent to an activating group) is 1. The number of carbonyl (C=O) groups excluding carboxylic acids is 2. The van der Waals surface area contributed by atoms with Crippen LogP contribution in [-0.2, 0) is 17.6 Å². The molecule has 140 valence electrons. The van der Waals surface area contributed by atoms with Crippen LogP contribution in [0.3, 0.4) is 0 Å². The number of likely N-dealkylation sites (tertiary alicyclic amines) is 1. The molecule has 0 unspecified atom stereocenters. The van der Waals surface area contributed by atoms with Crippen molar-refractivity contribution in [3.05, 3.63) is 34.9 Å². The summed E-state index contributed by atoms with van der Waals surface area (Å²) in [5.41, 5.74) is 3.41. The molecule has 5 heteroatoms. The Hall–Kier alpha value is -1.88. The van der Waals surface area contributed by atoms with Gasteiger partial charge < -0.3 is 10.6 Å². The zero-order valence-corrected chi connectivity index (χ0v) is 15.6. The highest BCUT2D eigenvalue weighted by atomic mass is 16.2. The summed E-state index contributed by atoms with van der Waals surface area (Å²) >= 11 is 0. The van der Waals surface area contributed by atoms with Crippen LogP contribution in [0.15, 0.2) is 18.2 Å². The number of nitrogens with one attached hydrogen (secondary N) is 2. The molecule has 1 aromatic carbocycles. The second-order valence-corrected chi connectivity index (χ2v) is 8.12. The monoisotopic (exact) mass is 355 g/mol. The van der Waals surface area contributed by atoms with Gasteiger partial charge in [0.1, 0.15) is 0 Å². The Morgan fingerprint density at radius 3 is 2.62 bits per heavy atom. The largest absolute Gasteiger partial charge is 0.352 e. The molecule has 26 heavy (non-hydrogen) atoms.